The predicted molar refractivity (Wildman–Crippen MR) is 191 cm³/mol. The van der Waals surface area contributed by atoms with Gasteiger partial charge in [-0.2, -0.15) is 5.26 Å². The van der Waals surface area contributed by atoms with Gasteiger partial charge < -0.3 is 24.0 Å². The van der Waals surface area contributed by atoms with Crippen molar-refractivity contribution >= 4 is 31.7 Å². The third-order valence-electron chi connectivity index (χ3n) is 8.92. The number of hydrogen-bond acceptors (Lipinski definition) is 10. The molecule has 3 heterocycles. The van der Waals surface area contributed by atoms with Gasteiger partial charge in [-0.1, -0.05) is 27.7 Å². The third kappa shape index (κ3) is 8.32. The number of hydrogen-bond donors (Lipinski definition) is 1. The van der Waals surface area contributed by atoms with E-state index in [1.54, 1.807) is 37.4 Å². The molecule has 0 spiro atoms. The summed E-state index contributed by atoms with van der Waals surface area (Å²) in [7, 11) is 1.11. The molecule has 4 rings (SSSR count). The van der Waals surface area contributed by atoms with E-state index in [2.05, 4.69) is 62.1 Å². The summed E-state index contributed by atoms with van der Waals surface area (Å²) in [4.78, 5) is 29.0. The number of carbonyl (C=O) groups excluding carboxylic acids is 1. The molecule has 12 heteroatoms. The molecular weight excluding hydrogens is 625 g/mol. The average molecular weight is 675 g/mol. The first-order valence-electron chi connectivity index (χ1n) is 16.3. The summed E-state index contributed by atoms with van der Waals surface area (Å²) in [5.74, 6) is 0.779. The third-order valence-corrected chi connectivity index (χ3v) is 13.4. The lowest BCUT2D eigenvalue weighted by molar-refractivity contribution is 0.0575. The van der Waals surface area contributed by atoms with Gasteiger partial charge in [-0.15, -0.1) is 0 Å². The zero-order valence-corrected chi connectivity index (χ0v) is 31.3. The molecular formula is C36H50N6O5Si. The number of nitriles is 1. The second-order valence-corrected chi connectivity index (χ2v) is 19.9. The fraction of sp³-hybridized carbons (Fsp3) is 0.528. The van der Waals surface area contributed by atoms with Gasteiger partial charge in [0.05, 0.1) is 24.1 Å². The molecule has 0 saturated heterocycles. The molecule has 0 saturated carbocycles. The van der Waals surface area contributed by atoms with Gasteiger partial charge in [-0.25, -0.2) is 19.7 Å². The second kappa shape index (κ2) is 14.2. The van der Waals surface area contributed by atoms with Gasteiger partial charge >= 0.3 is 6.09 Å². The van der Waals surface area contributed by atoms with E-state index in [1.165, 1.54) is 0 Å². The lowest BCUT2D eigenvalue weighted by Gasteiger charge is -2.39. The van der Waals surface area contributed by atoms with Crippen LogP contribution in [0.5, 0.6) is 5.88 Å². The number of methoxy groups -OCH3 is 2. The van der Waals surface area contributed by atoms with Gasteiger partial charge in [0.1, 0.15) is 17.4 Å². The Morgan fingerprint density at radius 2 is 1.83 bits per heavy atom. The first-order valence-corrected chi connectivity index (χ1v) is 19.2. The van der Waals surface area contributed by atoms with Crippen molar-refractivity contribution in [3.63, 3.8) is 0 Å². The van der Waals surface area contributed by atoms with Crippen molar-refractivity contribution in [3.8, 4) is 23.2 Å². The van der Waals surface area contributed by atoms with E-state index in [0.29, 0.717) is 54.2 Å². The van der Waals surface area contributed by atoms with Crippen molar-refractivity contribution in [1.82, 2.24) is 15.0 Å². The number of pyridine rings is 1. The Bertz CT molecular complexity index is 1680. The van der Waals surface area contributed by atoms with E-state index in [-0.39, 0.29) is 5.04 Å². The van der Waals surface area contributed by atoms with Crippen molar-refractivity contribution in [2.75, 3.05) is 44.2 Å². The van der Waals surface area contributed by atoms with Crippen molar-refractivity contribution < 1.29 is 23.4 Å². The number of fused-ring (bicyclic) bond motifs is 1. The summed E-state index contributed by atoms with van der Waals surface area (Å²) in [6, 6.07) is 11.7. The number of nitrogens with one attached hydrogen (secondary N) is 1. The summed E-state index contributed by atoms with van der Waals surface area (Å²) in [5.41, 5.74) is 3.28. The van der Waals surface area contributed by atoms with Gasteiger partial charge in [-0.3, -0.25) is 4.90 Å². The number of anilines is 3. The largest absolute Gasteiger partial charge is 0.480 e. The van der Waals surface area contributed by atoms with Crippen LogP contribution in [0.3, 0.4) is 0 Å². The van der Waals surface area contributed by atoms with Crippen LogP contribution in [0.15, 0.2) is 36.5 Å². The molecule has 0 bridgehead atoms. The zero-order chi connectivity index (χ0) is 35.5. The highest BCUT2D eigenvalue weighted by molar-refractivity contribution is 6.74. The van der Waals surface area contributed by atoms with Crippen LogP contribution in [0.1, 0.15) is 71.7 Å². The van der Waals surface area contributed by atoms with Crippen LogP contribution in [-0.4, -0.2) is 68.9 Å². The molecule has 2 aromatic heterocycles. The van der Waals surface area contributed by atoms with Crippen LogP contribution in [0.25, 0.3) is 11.3 Å². The van der Waals surface area contributed by atoms with Crippen molar-refractivity contribution in [3.05, 3.63) is 53.3 Å². The van der Waals surface area contributed by atoms with Crippen LogP contribution < -0.4 is 15.0 Å². The predicted octanol–water partition coefficient (Wildman–Crippen LogP) is 7.78. The van der Waals surface area contributed by atoms with Gasteiger partial charge in [-0.05, 0) is 87.6 Å². The number of aryl methyl sites for hydroxylation is 1. The zero-order valence-electron chi connectivity index (χ0n) is 30.3. The maximum absolute atomic E-state index is 13.6. The van der Waals surface area contributed by atoms with Crippen molar-refractivity contribution in [1.29, 1.82) is 5.26 Å². The van der Waals surface area contributed by atoms with E-state index >= 15 is 0 Å². The highest BCUT2D eigenvalue weighted by Crippen LogP contribution is 2.47. The first-order chi connectivity index (χ1) is 22.4. The topological polar surface area (TPSA) is 132 Å². The van der Waals surface area contributed by atoms with Crippen molar-refractivity contribution in [2.24, 2.45) is 0 Å². The van der Waals surface area contributed by atoms with Crippen LogP contribution in [0.2, 0.25) is 18.1 Å². The van der Waals surface area contributed by atoms with Gasteiger partial charge in [0.2, 0.25) is 11.8 Å². The van der Waals surface area contributed by atoms with Crippen LogP contribution in [0, 0.1) is 11.3 Å². The quantitative estimate of drug-likeness (QED) is 0.159. The minimum atomic E-state index is -2.14. The molecule has 48 heavy (non-hydrogen) atoms. The molecule has 3 aromatic rings. The second-order valence-electron chi connectivity index (χ2n) is 15.1. The monoisotopic (exact) mass is 674 g/mol. The Morgan fingerprint density at radius 1 is 1.10 bits per heavy atom. The number of benzene rings is 1. The van der Waals surface area contributed by atoms with E-state index in [4.69, 9.17) is 23.6 Å². The Labute approximate surface area is 286 Å². The summed E-state index contributed by atoms with van der Waals surface area (Å²) in [6.07, 6.45) is 2.79. The Morgan fingerprint density at radius 3 is 2.46 bits per heavy atom. The smallest absolute Gasteiger partial charge is 0.414 e. The molecule has 0 fully saturated rings. The molecule has 1 aromatic carbocycles. The standard InChI is InChI=1S/C36H50N6O5Si/c1-34(2,3)47-33(43)42-22-36(7,23-46-48(10,11)35(4,5)6)27-20-24(19-25(21-37)30(27)42)28-16-17-38-32(40-28)41-29-15-14-26(13-12-18-44-8)39-31(29)45-9/h14-17,19-20H,12-13,18,22-23H2,1-11H3,(H,38,40,41)/t36-/m1/s1. The van der Waals surface area contributed by atoms with Gasteiger partial charge in [0, 0.05) is 49.7 Å². The number of amides is 1. The molecule has 1 aliphatic rings. The molecule has 1 amide bonds. The van der Waals surface area contributed by atoms with Crippen molar-refractivity contribution in [2.45, 2.75) is 90.5 Å². The average Bonchev–Trinajstić information content (AvgIpc) is 3.32. The minimum absolute atomic E-state index is 0.00219. The van der Waals surface area contributed by atoms with Gasteiger partial charge in [0.15, 0.2) is 8.32 Å². The normalized spacial score (nSPS) is 16.3. The fourth-order valence-corrected chi connectivity index (χ4v) is 6.36. The van der Waals surface area contributed by atoms with E-state index in [0.717, 1.165) is 29.7 Å². The van der Waals surface area contributed by atoms with Crippen LogP contribution >= 0.6 is 0 Å². The Hall–Kier alpha value is -4.05. The first kappa shape index (κ1) is 36.8. The molecule has 0 unspecified atom stereocenters. The lowest BCUT2D eigenvalue weighted by Crippen LogP contribution is -2.46. The van der Waals surface area contributed by atoms with E-state index in [9.17, 15) is 10.1 Å². The van der Waals surface area contributed by atoms with Crippen LogP contribution in [-0.2, 0) is 25.7 Å². The molecule has 1 N–H and O–H groups in total. The number of carbonyl (C=O) groups is 1. The van der Waals surface area contributed by atoms with Gasteiger partial charge in [0.25, 0.3) is 0 Å². The van der Waals surface area contributed by atoms with E-state index in [1.807, 2.05) is 39.0 Å². The Kier molecular flexibility index (Phi) is 10.9. The summed E-state index contributed by atoms with van der Waals surface area (Å²) < 4.78 is 23.3. The molecule has 0 radical (unpaired) electrons. The molecule has 1 aliphatic heterocycles. The molecule has 0 aliphatic carbocycles. The maximum Gasteiger partial charge on any atom is 0.414 e. The molecule has 1 atom stereocenters. The fourth-order valence-electron chi connectivity index (χ4n) is 5.25. The molecule has 258 valence electrons. The SMILES string of the molecule is COCCCc1ccc(Nc2nccc(-c3cc(C#N)c4c(c3)[C@@](C)(CO[Si](C)(C)C(C)(C)C)CN4C(=O)OC(C)(C)C)n2)c(OC)n1. The van der Waals surface area contributed by atoms with E-state index < -0.39 is 25.4 Å². The lowest BCUT2D eigenvalue weighted by atomic mass is 9.83. The number of ether oxygens (including phenoxy) is 3. The summed E-state index contributed by atoms with van der Waals surface area (Å²) in [6.45, 7) is 20.0. The minimum Gasteiger partial charge on any atom is -0.480 e. The van der Waals surface area contributed by atoms with Crippen LogP contribution in [0.4, 0.5) is 22.1 Å². The Balaban J connectivity index is 1.74. The highest BCUT2D eigenvalue weighted by atomic mass is 28.4. The number of rotatable bonds is 11. The summed E-state index contributed by atoms with van der Waals surface area (Å²) in [5, 5.41) is 13.7. The maximum atomic E-state index is 13.6. The molecule has 11 nitrogen and oxygen atoms in total. The number of aromatic nitrogens is 3. The summed E-state index contributed by atoms with van der Waals surface area (Å²) >= 11 is 0. The highest BCUT2D eigenvalue weighted by Gasteiger charge is 2.47. The number of nitrogens with zero attached hydrogens (tertiary/aromatic N) is 5.